The summed E-state index contributed by atoms with van der Waals surface area (Å²) in [6.07, 6.45) is 2.21. The number of ether oxygens (including phenoxy) is 2. The van der Waals surface area contributed by atoms with Gasteiger partial charge in [-0.1, -0.05) is 29.8 Å². The monoisotopic (exact) mass is 442 g/mol. The minimum Gasteiger partial charge on any atom is -0.487 e. The summed E-state index contributed by atoms with van der Waals surface area (Å²) < 4.78 is 12.0. The highest BCUT2D eigenvalue weighted by Gasteiger charge is 2.42. The highest BCUT2D eigenvalue weighted by atomic mass is 35.5. The van der Waals surface area contributed by atoms with Crippen LogP contribution in [0.5, 0.6) is 5.75 Å². The first-order valence-electron chi connectivity index (χ1n) is 10.6. The van der Waals surface area contributed by atoms with Crippen molar-refractivity contribution in [3.63, 3.8) is 0 Å². The molecule has 1 fully saturated rings. The van der Waals surface area contributed by atoms with Gasteiger partial charge in [0.1, 0.15) is 11.4 Å². The molecular weight excluding hydrogens is 416 g/mol. The van der Waals surface area contributed by atoms with Crippen LogP contribution < -0.4 is 15.4 Å². The average Bonchev–Trinajstić information content (AvgIpc) is 2.74. The Bertz CT molecular complexity index is 1000. The first kappa shape index (κ1) is 21.7. The van der Waals surface area contributed by atoms with Gasteiger partial charge in [0, 0.05) is 36.8 Å². The summed E-state index contributed by atoms with van der Waals surface area (Å²) in [5, 5.41) is 6.39. The van der Waals surface area contributed by atoms with Crippen molar-refractivity contribution in [3.8, 4) is 16.9 Å². The molecule has 2 N–H and O–H groups in total. The number of halogens is 1. The van der Waals surface area contributed by atoms with Crippen LogP contribution in [0.3, 0.4) is 0 Å². The molecule has 2 heterocycles. The normalized spacial score (nSPS) is 19.3. The van der Waals surface area contributed by atoms with Gasteiger partial charge >= 0.3 is 0 Å². The van der Waals surface area contributed by atoms with Gasteiger partial charge in [-0.3, -0.25) is 9.59 Å². The van der Waals surface area contributed by atoms with E-state index in [-0.39, 0.29) is 30.0 Å². The van der Waals surface area contributed by atoms with E-state index in [1.165, 1.54) is 6.92 Å². The zero-order valence-electron chi connectivity index (χ0n) is 17.8. The van der Waals surface area contributed by atoms with Crippen molar-refractivity contribution in [2.75, 3.05) is 19.8 Å². The Morgan fingerprint density at radius 2 is 1.97 bits per heavy atom. The van der Waals surface area contributed by atoms with Crippen molar-refractivity contribution >= 4 is 23.4 Å². The fraction of sp³-hybridized carbons (Fsp3) is 0.417. The minimum atomic E-state index is -0.356. The van der Waals surface area contributed by atoms with Gasteiger partial charge in [0.05, 0.1) is 25.8 Å². The zero-order chi connectivity index (χ0) is 22.0. The van der Waals surface area contributed by atoms with E-state index in [0.717, 1.165) is 40.8 Å². The molecule has 6 nitrogen and oxygen atoms in total. The van der Waals surface area contributed by atoms with E-state index < -0.39 is 0 Å². The van der Waals surface area contributed by atoms with Crippen LogP contribution in [0, 0.1) is 6.92 Å². The molecular formula is C24H27ClN2O4. The van der Waals surface area contributed by atoms with Crippen LogP contribution in [-0.2, 0) is 14.3 Å². The summed E-state index contributed by atoms with van der Waals surface area (Å²) in [6.45, 7) is 4.62. The Balaban J connectivity index is 1.68. The van der Waals surface area contributed by atoms with Gasteiger partial charge in [-0.25, -0.2) is 0 Å². The predicted octanol–water partition coefficient (Wildman–Crippen LogP) is 3.94. The van der Waals surface area contributed by atoms with Crippen molar-refractivity contribution in [2.45, 2.75) is 44.8 Å². The molecule has 2 aromatic rings. The van der Waals surface area contributed by atoms with E-state index in [4.69, 9.17) is 21.1 Å². The number of benzene rings is 2. The van der Waals surface area contributed by atoms with Crippen LogP contribution in [0.4, 0.5) is 0 Å². The van der Waals surface area contributed by atoms with E-state index in [1.807, 2.05) is 37.3 Å². The Morgan fingerprint density at radius 3 is 2.71 bits per heavy atom. The third-order valence-corrected chi connectivity index (χ3v) is 6.51. The highest BCUT2D eigenvalue weighted by Crippen LogP contribution is 2.45. The van der Waals surface area contributed by atoms with E-state index in [0.29, 0.717) is 24.7 Å². The molecule has 0 saturated carbocycles. The lowest BCUT2D eigenvalue weighted by Crippen LogP contribution is -2.49. The molecule has 0 bridgehead atoms. The van der Waals surface area contributed by atoms with Crippen LogP contribution in [0.1, 0.15) is 43.4 Å². The molecule has 1 spiro atoms. The molecule has 31 heavy (non-hydrogen) atoms. The molecule has 2 aliphatic rings. The lowest BCUT2D eigenvalue weighted by molar-refractivity contribution is -0.126. The van der Waals surface area contributed by atoms with E-state index >= 15 is 0 Å². The lowest BCUT2D eigenvalue weighted by atomic mass is 9.81. The van der Waals surface area contributed by atoms with Crippen LogP contribution in [0.25, 0.3) is 11.1 Å². The molecule has 0 aliphatic carbocycles. The molecule has 0 radical (unpaired) electrons. The van der Waals surface area contributed by atoms with E-state index in [9.17, 15) is 9.59 Å². The fourth-order valence-corrected chi connectivity index (χ4v) is 4.56. The molecule has 1 unspecified atom stereocenters. The topological polar surface area (TPSA) is 76.7 Å². The fourth-order valence-electron chi connectivity index (χ4n) is 4.39. The number of nitrogens with one attached hydrogen (secondary N) is 2. The van der Waals surface area contributed by atoms with Gasteiger partial charge in [0.25, 0.3) is 0 Å². The van der Waals surface area contributed by atoms with Crippen molar-refractivity contribution in [3.05, 3.63) is 52.5 Å². The third-order valence-electron chi connectivity index (χ3n) is 6.10. The number of hydrogen-bond donors (Lipinski definition) is 2. The Kier molecular flexibility index (Phi) is 6.21. The van der Waals surface area contributed by atoms with Crippen LogP contribution >= 0.6 is 11.6 Å². The number of hydrogen-bond acceptors (Lipinski definition) is 4. The Hall–Kier alpha value is -2.57. The van der Waals surface area contributed by atoms with Crippen LogP contribution in [0.15, 0.2) is 36.4 Å². The molecule has 7 heteroatoms. The van der Waals surface area contributed by atoms with Crippen molar-refractivity contribution < 1.29 is 19.1 Å². The second-order valence-electron chi connectivity index (χ2n) is 8.30. The van der Waals surface area contributed by atoms with Crippen LogP contribution in [0.2, 0.25) is 5.02 Å². The maximum Gasteiger partial charge on any atom is 0.239 e. The average molecular weight is 443 g/mol. The molecule has 1 saturated heterocycles. The zero-order valence-corrected chi connectivity index (χ0v) is 18.6. The van der Waals surface area contributed by atoms with E-state index in [2.05, 4.69) is 16.7 Å². The summed E-state index contributed by atoms with van der Waals surface area (Å²) in [5.41, 5.74) is 3.65. The summed E-state index contributed by atoms with van der Waals surface area (Å²) >= 11 is 6.33. The highest BCUT2D eigenvalue weighted by molar-refractivity contribution is 6.31. The second kappa shape index (κ2) is 8.89. The molecule has 4 rings (SSSR count). The largest absolute Gasteiger partial charge is 0.487 e. The molecule has 2 aliphatic heterocycles. The van der Waals surface area contributed by atoms with Crippen LogP contribution in [-0.4, -0.2) is 37.2 Å². The Labute approximate surface area is 187 Å². The first-order valence-corrected chi connectivity index (χ1v) is 10.9. The van der Waals surface area contributed by atoms with E-state index in [1.54, 1.807) is 0 Å². The first-order chi connectivity index (χ1) is 14.9. The van der Waals surface area contributed by atoms with Crippen molar-refractivity contribution in [2.24, 2.45) is 0 Å². The number of fused-ring (bicyclic) bond motifs is 1. The van der Waals surface area contributed by atoms with Crippen molar-refractivity contribution in [1.29, 1.82) is 0 Å². The molecule has 2 amide bonds. The molecule has 2 aromatic carbocycles. The maximum absolute atomic E-state index is 12.5. The van der Waals surface area contributed by atoms with Gasteiger partial charge in [-0.15, -0.1) is 0 Å². The molecule has 1 atom stereocenters. The summed E-state index contributed by atoms with van der Waals surface area (Å²) in [7, 11) is 0. The SMILES string of the molecule is CC(=O)NCC(=O)NC1CC2(CCOCC2)Oc2ccc(-c3cccc(Cl)c3C)cc21. The van der Waals surface area contributed by atoms with Gasteiger partial charge in [-0.05, 0) is 41.8 Å². The van der Waals surface area contributed by atoms with Crippen molar-refractivity contribution in [1.82, 2.24) is 10.6 Å². The number of carbonyl (C=O) groups is 2. The standard InChI is InChI=1S/C24H27ClN2O4/c1-15-18(4-3-5-20(15)25)17-6-7-22-19(12-17)21(27-23(29)14-26-16(2)28)13-24(31-22)8-10-30-11-9-24/h3-7,12,21H,8-11,13-14H2,1-2H3,(H,26,28)(H,27,29). The quantitative estimate of drug-likeness (QED) is 0.751. The second-order valence-corrected chi connectivity index (χ2v) is 8.70. The van der Waals surface area contributed by atoms with Gasteiger partial charge in [0.2, 0.25) is 11.8 Å². The van der Waals surface area contributed by atoms with Gasteiger partial charge < -0.3 is 20.1 Å². The summed E-state index contributed by atoms with van der Waals surface area (Å²) in [4.78, 5) is 23.7. The Morgan fingerprint density at radius 1 is 1.19 bits per heavy atom. The van der Waals surface area contributed by atoms with Gasteiger partial charge in [0.15, 0.2) is 0 Å². The number of rotatable bonds is 4. The lowest BCUT2D eigenvalue weighted by Gasteiger charge is -2.44. The third kappa shape index (κ3) is 4.70. The minimum absolute atomic E-state index is 0.0504. The predicted molar refractivity (Wildman–Crippen MR) is 119 cm³/mol. The van der Waals surface area contributed by atoms with Gasteiger partial charge in [-0.2, -0.15) is 0 Å². The summed E-state index contributed by atoms with van der Waals surface area (Å²) in [5.74, 6) is 0.322. The smallest absolute Gasteiger partial charge is 0.239 e. The number of carbonyl (C=O) groups excluding carboxylic acids is 2. The molecule has 0 aromatic heterocycles. The summed E-state index contributed by atoms with van der Waals surface area (Å²) in [6, 6.07) is 11.7. The number of amides is 2. The maximum atomic E-state index is 12.5. The molecule has 164 valence electrons.